The van der Waals surface area contributed by atoms with Crippen molar-refractivity contribution in [2.75, 3.05) is 33.8 Å². The van der Waals surface area contributed by atoms with Crippen LogP contribution in [0.5, 0.6) is 0 Å². The summed E-state index contributed by atoms with van der Waals surface area (Å²) >= 11 is 0. The summed E-state index contributed by atoms with van der Waals surface area (Å²) in [5.41, 5.74) is 0. The van der Waals surface area contributed by atoms with Gasteiger partial charge in [-0.05, 0) is 26.9 Å². The second kappa shape index (κ2) is 6.21. The highest BCUT2D eigenvalue weighted by molar-refractivity contribution is 7.89. The van der Waals surface area contributed by atoms with Gasteiger partial charge in [0.15, 0.2) is 0 Å². The molecule has 1 aliphatic rings. The fourth-order valence-electron chi connectivity index (χ4n) is 2.57. The van der Waals surface area contributed by atoms with Gasteiger partial charge < -0.3 is 10.0 Å². The zero-order valence-electron chi connectivity index (χ0n) is 11.9. The van der Waals surface area contributed by atoms with Gasteiger partial charge in [0.1, 0.15) is 4.90 Å². The third kappa shape index (κ3) is 3.20. The van der Waals surface area contributed by atoms with Crippen molar-refractivity contribution >= 4 is 10.0 Å². The van der Waals surface area contributed by atoms with E-state index in [1.165, 1.54) is 17.1 Å². The van der Waals surface area contributed by atoms with Crippen LogP contribution in [0.15, 0.2) is 17.3 Å². The quantitative estimate of drug-likeness (QED) is 0.773. The smallest absolute Gasteiger partial charge is 0.246 e. The zero-order valence-corrected chi connectivity index (χ0v) is 12.8. The third-order valence-electron chi connectivity index (χ3n) is 3.44. The number of likely N-dealkylation sites (N-methyl/N-ethyl adjacent to an activating group) is 1. The summed E-state index contributed by atoms with van der Waals surface area (Å²) in [4.78, 5) is 2.21. The van der Waals surface area contributed by atoms with E-state index in [-0.39, 0.29) is 17.5 Å². The molecule has 0 bridgehead atoms. The Kier molecular flexibility index (Phi) is 4.79. The SMILES string of the molecule is CN(C)CC1CCCN1S(=O)(=O)c1cnn(CCO)c1. The number of aliphatic hydroxyl groups excluding tert-OH is 1. The van der Waals surface area contributed by atoms with Crippen LogP contribution in [0.25, 0.3) is 0 Å². The predicted molar refractivity (Wildman–Crippen MR) is 74.8 cm³/mol. The zero-order chi connectivity index (χ0) is 14.8. The highest BCUT2D eigenvalue weighted by Crippen LogP contribution is 2.26. The minimum atomic E-state index is -3.49. The predicted octanol–water partition coefficient (Wildman–Crippen LogP) is -0.410. The number of nitrogens with zero attached hydrogens (tertiary/aromatic N) is 4. The molecule has 1 unspecified atom stereocenters. The van der Waals surface area contributed by atoms with Crippen molar-refractivity contribution in [3.63, 3.8) is 0 Å². The molecule has 1 aliphatic heterocycles. The number of sulfonamides is 1. The summed E-state index contributed by atoms with van der Waals surface area (Å²) in [6.07, 6.45) is 4.62. The minimum Gasteiger partial charge on any atom is -0.394 e. The molecule has 0 aliphatic carbocycles. The molecule has 1 saturated heterocycles. The van der Waals surface area contributed by atoms with Crippen LogP contribution in [-0.4, -0.2) is 72.3 Å². The van der Waals surface area contributed by atoms with Crippen molar-refractivity contribution in [3.05, 3.63) is 12.4 Å². The fraction of sp³-hybridized carbons (Fsp3) is 0.750. The Hall–Kier alpha value is -0.960. The molecule has 20 heavy (non-hydrogen) atoms. The largest absolute Gasteiger partial charge is 0.394 e. The number of hydrogen-bond acceptors (Lipinski definition) is 5. The van der Waals surface area contributed by atoms with E-state index in [2.05, 4.69) is 5.10 Å². The van der Waals surface area contributed by atoms with Gasteiger partial charge in [-0.25, -0.2) is 8.42 Å². The Morgan fingerprint density at radius 3 is 2.90 bits per heavy atom. The van der Waals surface area contributed by atoms with Crippen LogP contribution in [0.1, 0.15) is 12.8 Å². The molecule has 1 atom stereocenters. The summed E-state index contributed by atoms with van der Waals surface area (Å²) in [5.74, 6) is 0. The van der Waals surface area contributed by atoms with Crippen LogP contribution in [0.3, 0.4) is 0 Å². The van der Waals surface area contributed by atoms with Crippen LogP contribution in [0, 0.1) is 0 Å². The number of hydrogen-bond donors (Lipinski definition) is 1. The Morgan fingerprint density at radius 1 is 1.50 bits per heavy atom. The molecule has 0 radical (unpaired) electrons. The van der Waals surface area contributed by atoms with Crippen molar-refractivity contribution < 1.29 is 13.5 Å². The molecule has 2 heterocycles. The normalized spacial score (nSPS) is 20.9. The van der Waals surface area contributed by atoms with Gasteiger partial charge in [-0.1, -0.05) is 0 Å². The first-order chi connectivity index (χ1) is 9.45. The molecule has 0 amide bonds. The average molecular weight is 302 g/mol. The molecular weight excluding hydrogens is 280 g/mol. The van der Waals surface area contributed by atoms with Gasteiger partial charge in [-0.15, -0.1) is 0 Å². The first-order valence-electron chi connectivity index (χ1n) is 6.75. The van der Waals surface area contributed by atoms with Crippen molar-refractivity contribution in [3.8, 4) is 0 Å². The molecule has 1 N–H and O–H groups in total. The van der Waals surface area contributed by atoms with E-state index in [1.54, 1.807) is 4.31 Å². The summed E-state index contributed by atoms with van der Waals surface area (Å²) in [7, 11) is 0.404. The van der Waals surface area contributed by atoms with Crippen LogP contribution in [0.2, 0.25) is 0 Å². The van der Waals surface area contributed by atoms with Crippen LogP contribution < -0.4 is 0 Å². The molecule has 1 aromatic rings. The molecule has 8 heteroatoms. The Morgan fingerprint density at radius 2 is 2.25 bits per heavy atom. The summed E-state index contributed by atoms with van der Waals surface area (Å²) < 4.78 is 28.3. The van der Waals surface area contributed by atoms with E-state index in [0.717, 1.165) is 19.4 Å². The van der Waals surface area contributed by atoms with E-state index in [0.29, 0.717) is 13.1 Å². The maximum Gasteiger partial charge on any atom is 0.246 e. The Bertz CT molecular complexity index is 541. The Labute approximate surface area is 119 Å². The third-order valence-corrected chi connectivity index (χ3v) is 5.35. The first kappa shape index (κ1) is 15.4. The van der Waals surface area contributed by atoms with Crippen LogP contribution in [-0.2, 0) is 16.6 Å². The monoisotopic (exact) mass is 302 g/mol. The second-order valence-electron chi connectivity index (χ2n) is 5.34. The molecule has 114 valence electrons. The maximum absolute atomic E-state index is 12.6. The number of aromatic nitrogens is 2. The number of rotatable bonds is 6. The number of aliphatic hydroxyl groups is 1. The molecule has 0 aromatic carbocycles. The Balaban J connectivity index is 2.19. The highest BCUT2D eigenvalue weighted by Gasteiger charge is 2.36. The van der Waals surface area contributed by atoms with E-state index in [9.17, 15) is 8.42 Å². The lowest BCUT2D eigenvalue weighted by Gasteiger charge is -2.25. The summed E-state index contributed by atoms with van der Waals surface area (Å²) in [5, 5.41) is 12.8. The van der Waals surface area contributed by atoms with Gasteiger partial charge >= 0.3 is 0 Å². The molecular formula is C12H22N4O3S. The van der Waals surface area contributed by atoms with E-state index in [1.807, 2.05) is 19.0 Å². The molecule has 7 nitrogen and oxygen atoms in total. The van der Waals surface area contributed by atoms with Crippen molar-refractivity contribution in [2.24, 2.45) is 0 Å². The van der Waals surface area contributed by atoms with Crippen LogP contribution >= 0.6 is 0 Å². The average Bonchev–Trinajstić information content (AvgIpc) is 2.98. The fourth-order valence-corrected chi connectivity index (χ4v) is 4.21. The minimum absolute atomic E-state index is 0.0243. The molecule has 1 aromatic heterocycles. The van der Waals surface area contributed by atoms with Crippen molar-refractivity contribution in [1.29, 1.82) is 0 Å². The maximum atomic E-state index is 12.6. The summed E-state index contributed by atoms with van der Waals surface area (Å²) in [6.45, 7) is 1.53. The standard InChI is InChI=1S/C12H22N4O3S/c1-14(2)9-11-4-3-5-16(11)20(18,19)12-8-13-15(10-12)6-7-17/h8,10-11,17H,3-7,9H2,1-2H3. The summed E-state index contributed by atoms with van der Waals surface area (Å²) in [6, 6.07) is 0.0243. The van der Waals surface area contributed by atoms with Gasteiger partial charge in [0.2, 0.25) is 10.0 Å². The lowest BCUT2D eigenvalue weighted by atomic mass is 10.2. The van der Waals surface area contributed by atoms with E-state index < -0.39 is 10.0 Å². The topological polar surface area (TPSA) is 78.7 Å². The van der Waals surface area contributed by atoms with Gasteiger partial charge in [0.05, 0.1) is 19.3 Å². The van der Waals surface area contributed by atoms with Gasteiger partial charge in [-0.2, -0.15) is 9.40 Å². The van der Waals surface area contributed by atoms with Gasteiger partial charge in [0.25, 0.3) is 0 Å². The van der Waals surface area contributed by atoms with Gasteiger partial charge in [0, 0.05) is 25.3 Å². The van der Waals surface area contributed by atoms with E-state index >= 15 is 0 Å². The second-order valence-corrected chi connectivity index (χ2v) is 7.23. The molecule has 0 spiro atoms. The molecule has 1 fully saturated rings. The highest BCUT2D eigenvalue weighted by atomic mass is 32.2. The molecule has 0 saturated carbocycles. The van der Waals surface area contributed by atoms with Crippen molar-refractivity contribution in [1.82, 2.24) is 19.0 Å². The molecule has 2 rings (SSSR count). The lowest BCUT2D eigenvalue weighted by Crippen LogP contribution is -2.41. The van der Waals surface area contributed by atoms with E-state index in [4.69, 9.17) is 5.11 Å². The first-order valence-corrected chi connectivity index (χ1v) is 8.19. The van der Waals surface area contributed by atoms with Crippen molar-refractivity contribution in [2.45, 2.75) is 30.3 Å². The van der Waals surface area contributed by atoms with Gasteiger partial charge in [-0.3, -0.25) is 4.68 Å². The van der Waals surface area contributed by atoms with Crippen LogP contribution in [0.4, 0.5) is 0 Å². The lowest BCUT2D eigenvalue weighted by molar-refractivity contribution is 0.269.